The Labute approximate surface area is 303 Å². The molecule has 282 valence electrons. The van der Waals surface area contributed by atoms with E-state index in [0.717, 1.165) is 32.1 Å². The molecule has 1 atom stereocenters. The third-order valence-electron chi connectivity index (χ3n) is 7.50. The molecule has 3 amide bonds. The highest BCUT2D eigenvalue weighted by Crippen LogP contribution is 2.20. The van der Waals surface area contributed by atoms with Crippen molar-refractivity contribution in [3.63, 3.8) is 0 Å². The lowest BCUT2D eigenvalue weighted by Crippen LogP contribution is -2.44. The van der Waals surface area contributed by atoms with Gasteiger partial charge in [-0.2, -0.15) is 0 Å². The highest BCUT2D eigenvalue weighted by atomic mass is 16.6. The van der Waals surface area contributed by atoms with Crippen LogP contribution in [0.2, 0.25) is 0 Å². The Hall–Kier alpha value is -3.75. The fraction of sp³-hybridized carbons (Fsp3) is 0.634. The average Bonchev–Trinajstić information content (AvgIpc) is 2.99. The van der Waals surface area contributed by atoms with Crippen molar-refractivity contribution in [3.05, 3.63) is 71.8 Å². The number of carbonyl (C=O) groups excluding carboxylic acids is 3. The number of aryl methyl sites for hydroxylation is 2. The summed E-state index contributed by atoms with van der Waals surface area (Å²) in [5, 5.41) is 5.63. The van der Waals surface area contributed by atoms with Gasteiger partial charge in [-0.1, -0.05) is 81.4 Å². The summed E-state index contributed by atoms with van der Waals surface area (Å²) in [7, 11) is 0. The number of hydrogen-bond donors (Lipinski definition) is 2. The Balaban J connectivity index is 0.000000751. The van der Waals surface area contributed by atoms with E-state index in [1.165, 1.54) is 11.1 Å². The second-order valence-corrected chi connectivity index (χ2v) is 16.2. The Morgan fingerprint density at radius 3 is 1.52 bits per heavy atom. The van der Waals surface area contributed by atoms with E-state index in [1.54, 1.807) is 4.90 Å². The normalized spacial score (nSPS) is 12.4. The summed E-state index contributed by atoms with van der Waals surface area (Å²) in [5.74, 6) is 0.715. The number of rotatable bonds is 14. The van der Waals surface area contributed by atoms with Crippen molar-refractivity contribution in [3.8, 4) is 0 Å². The van der Waals surface area contributed by atoms with Crippen LogP contribution < -0.4 is 10.6 Å². The summed E-state index contributed by atoms with van der Waals surface area (Å²) in [6.07, 6.45) is 3.55. The highest BCUT2D eigenvalue weighted by Gasteiger charge is 2.25. The van der Waals surface area contributed by atoms with Crippen LogP contribution in [-0.4, -0.2) is 65.7 Å². The number of nitrogens with zero attached hydrogens (tertiary/aromatic N) is 1. The number of nitrogens with one attached hydrogen (secondary N) is 2. The Morgan fingerprint density at radius 1 is 0.680 bits per heavy atom. The highest BCUT2D eigenvalue weighted by molar-refractivity contribution is 5.69. The summed E-state index contributed by atoms with van der Waals surface area (Å²) >= 11 is 0. The molecule has 2 aromatic carbocycles. The molecular formula is C41H67N3O6. The van der Waals surface area contributed by atoms with Crippen molar-refractivity contribution in [1.82, 2.24) is 15.5 Å². The van der Waals surface area contributed by atoms with Gasteiger partial charge in [0.05, 0.1) is 0 Å². The fourth-order valence-corrected chi connectivity index (χ4v) is 5.06. The average molecular weight is 698 g/mol. The maximum atomic E-state index is 13.1. The molecular weight excluding hydrogens is 630 g/mol. The van der Waals surface area contributed by atoms with Crippen LogP contribution >= 0.6 is 0 Å². The number of carbonyl (C=O) groups is 3. The number of hydrogen-bond acceptors (Lipinski definition) is 6. The second-order valence-electron chi connectivity index (χ2n) is 16.2. The quantitative estimate of drug-likeness (QED) is 0.191. The first kappa shape index (κ1) is 44.3. The fourth-order valence-electron chi connectivity index (χ4n) is 5.06. The van der Waals surface area contributed by atoms with E-state index in [0.29, 0.717) is 19.0 Å². The van der Waals surface area contributed by atoms with Gasteiger partial charge in [0.1, 0.15) is 16.8 Å². The topological polar surface area (TPSA) is 106 Å². The number of benzene rings is 2. The van der Waals surface area contributed by atoms with E-state index in [1.807, 2.05) is 74.4 Å². The molecule has 0 radical (unpaired) electrons. The Morgan fingerprint density at radius 2 is 1.12 bits per heavy atom. The third kappa shape index (κ3) is 22.1. The van der Waals surface area contributed by atoms with Crippen molar-refractivity contribution in [2.75, 3.05) is 19.6 Å². The van der Waals surface area contributed by atoms with E-state index < -0.39 is 22.9 Å². The van der Waals surface area contributed by atoms with Gasteiger partial charge in [-0.15, -0.1) is 0 Å². The molecule has 2 N–H and O–H groups in total. The molecule has 0 spiro atoms. The maximum Gasteiger partial charge on any atom is 0.410 e. The van der Waals surface area contributed by atoms with E-state index in [4.69, 9.17) is 14.2 Å². The van der Waals surface area contributed by atoms with Crippen LogP contribution in [0.15, 0.2) is 60.7 Å². The van der Waals surface area contributed by atoms with Gasteiger partial charge in [0.2, 0.25) is 0 Å². The van der Waals surface area contributed by atoms with Gasteiger partial charge < -0.3 is 29.7 Å². The zero-order valence-corrected chi connectivity index (χ0v) is 33.1. The summed E-state index contributed by atoms with van der Waals surface area (Å²) in [5.41, 5.74) is 0.987. The van der Waals surface area contributed by atoms with E-state index in [-0.39, 0.29) is 30.7 Å². The molecule has 0 fully saturated rings. The molecule has 9 heteroatoms. The lowest BCUT2D eigenvalue weighted by molar-refractivity contribution is 0.0206. The first-order valence-corrected chi connectivity index (χ1v) is 18.2. The SMILES string of the molecule is CC(C)(C)OC(=O)NCCN(CC(CCc1ccccc1)CCc1ccccc1)C(=O)OC(C)(C)C.CCC(NC(=O)OC(C)(C)C)C(C)C. The number of alkyl carbamates (subject to hydrolysis) is 2. The van der Waals surface area contributed by atoms with Gasteiger partial charge in [0, 0.05) is 25.7 Å². The first-order valence-electron chi connectivity index (χ1n) is 18.2. The van der Waals surface area contributed by atoms with Crippen molar-refractivity contribution in [2.24, 2.45) is 11.8 Å². The van der Waals surface area contributed by atoms with Gasteiger partial charge in [-0.05, 0) is 117 Å². The second kappa shape index (κ2) is 21.5. The lowest BCUT2D eigenvalue weighted by Gasteiger charge is -2.31. The van der Waals surface area contributed by atoms with Crippen molar-refractivity contribution in [2.45, 2.75) is 138 Å². The molecule has 2 aromatic rings. The van der Waals surface area contributed by atoms with Gasteiger partial charge >= 0.3 is 18.3 Å². The van der Waals surface area contributed by atoms with Crippen molar-refractivity contribution in [1.29, 1.82) is 0 Å². The zero-order valence-electron chi connectivity index (χ0n) is 33.1. The van der Waals surface area contributed by atoms with Crippen LogP contribution in [0.25, 0.3) is 0 Å². The van der Waals surface area contributed by atoms with Crippen LogP contribution in [0.5, 0.6) is 0 Å². The third-order valence-corrected chi connectivity index (χ3v) is 7.50. The predicted octanol–water partition coefficient (Wildman–Crippen LogP) is 9.58. The van der Waals surface area contributed by atoms with Crippen molar-refractivity contribution >= 4 is 18.3 Å². The lowest BCUT2D eigenvalue weighted by atomic mass is 9.92. The van der Waals surface area contributed by atoms with Gasteiger partial charge in [-0.25, -0.2) is 14.4 Å². The summed E-state index contributed by atoms with van der Waals surface area (Å²) in [6.45, 7) is 24.1. The summed E-state index contributed by atoms with van der Waals surface area (Å²) in [4.78, 5) is 38.3. The molecule has 0 aliphatic rings. The molecule has 0 aliphatic heterocycles. The largest absolute Gasteiger partial charge is 0.444 e. The van der Waals surface area contributed by atoms with Gasteiger partial charge in [0.25, 0.3) is 0 Å². The van der Waals surface area contributed by atoms with E-state index >= 15 is 0 Å². The molecule has 2 rings (SSSR count). The van der Waals surface area contributed by atoms with Gasteiger partial charge in [0.15, 0.2) is 0 Å². The van der Waals surface area contributed by atoms with Crippen LogP contribution in [0.4, 0.5) is 14.4 Å². The molecule has 1 unspecified atom stereocenters. The number of amides is 3. The molecule has 0 saturated heterocycles. The molecule has 0 heterocycles. The molecule has 0 aromatic heterocycles. The van der Waals surface area contributed by atoms with Gasteiger partial charge in [-0.3, -0.25) is 0 Å². The minimum absolute atomic E-state index is 0.199. The Kier molecular flexibility index (Phi) is 19.0. The smallest absolute Gasteiger partial charge is 0.410 e. The number of ether oxygens (including phenoxy) is 3. The zero-order chi connectivity index (χ0) is 38.0. The molecule has 0 bridgehead atoms. The van der Waals surface area contributed by atoms with Crippen molar-refractivity contribution < 1.29 is 28.6 Å². The van der Waals surface area contributed by atoms with Crippen LogP contribution in [-0.2, 0) is 27.1 Å². The summed E-state index contributed by atoms with van der Waals surface area (Å²) < 4.78 is 16.2. The van der Waals surface area contributed by atoms with Crippen LogP contribution in [0.3, 0.4) is 0 Å². The molecule has 0 saturated carbocycles. The molecule has 0 aliphatic carbocycles. The monoisotopic (exact) mass is 698 g/mol. The van der Waals surface area contributed by atoms with E-state index in [9.17, 15) is 14.4 Å². The van der Waals surface area contributed by atoms with Crippen LogP contribution in [0, 0.1) is 11.8 Å². The molecule has 9 nitrogen and oxygen atoms in total. The Bertz CT molecular complexity index is 1200. The molecule has 50 heavy (non-hydrogen) atoms. The maximum absolute atomic E-state index is 13.1. The minimum atomic E-state index is -0.600. The minimum Gasteiger partial charge on any atom is -0.444 e. The summed E-state index contributed by atoms with van der Waals surface area (Å²) in [6, 6.07) is 21.1. The first-order chi connectivity index (χ1) is 23.2. The van der Waals surface area contributed by atoms with E-state index in [2.05, 4.69) is 79.9 Å². The predicted molar refractivity (Wildman–Crippen MR) is 203 cm³/mol. The van der Waals surface area contributed by atoms with Crippen LogP contribution in [0.1, 0.15) is 113 Å². The standard InChI is InChI=1S/C30H44N2O4.C11H23NO2/c1-29(2,3)35-27(33)31-21-22-32(28(34)36-30(4,5)6)23-26(19-17-24-13-9-7-10-14-24)20-18-25-15-11-8-12-16-25;1-7-9(8(2)3)12-10(13)14-11(4,5)6/h7-16,26H,17-23H2,1-6H3,(H,31,33);8-9H,7H2,1-6H3,(H,12,13).